The first-order valence-corrected chi connectivity index (χ1v) is 8.69. The van der Waals surface area contributed by atoms with E-state index in [9.17, 15) is 9.59 Å². The van der Waals surface area contributed by atoms with Crippen molar-refractivity contribution < 1.29 is 14.4 Å². The molecule has 3 rings (SSSR count). The minimum Gasteiger partial charge on any atom is -0.497 e. The number of rotatable bonds is 6. The van der Waals surface area contributed by atoms with Crippen LogP contribution in [0.2, 0.25) is 0 Å². The summed E-state index contributed by atoms with van der Waals surface area (Å²) in [7, 11) is 4.56. The van der Waals surface area contributed by atoms with Gasteiger partial charge in [-0.25, -0.2) is 9.58 Å². The fourth-order valence-electron chi connectivity index (χ4n) is 2.37. The highest BCUT2D eigenvalue weighted by Crippen LogP contribution is 2.16. The van der Waals surface area contributed by atoms with Crippen LogP contribution in [0.5, 0.6) is 5.75 Å². The Bertz CT molecular complexity index is 981. The number of thiazole rings is 1. The average molecular weight is 374 g/mol. The van der Waals surface area contributed by atoms with Crippen LogP contribution in [0.15, 0.2) is 34.4 Å². The van der Waals surface area contributed by atoms with E-state index in [-0.39, 0.29) is 17.9 Å². The molecule has 0 N–H and O–H groups in total. The zero-order valence-corrected chi connectivity index (χ0v) is 15.4. The molecule has 0 bridgehead atoms. The number of benzene rings is 1. The number of methoxy groups -OCH3 is 1. The Hall–Kier alpha value is -2.78. The molecule has 0 spiro atoms. The molecule has 3 aromatic rings. The third-order valence-electron chi connectivity index (χ3n) is 3.91. The summed E-state index contributed by atoms with van der Waals surface area (Å²) < 4.78 is 6.68. The number of likely N-dealkylation sites (N-methyl/N-ethyl adjacent to an activating group) is 1. The molecule has 2 aromatic heterocycles. The lowest BCUT2D eigenvalue weighted by Gasteiger charge is -2.12. The van der Waals surface area contributed by atoms with Gasteiger partial charge in [0.05, 0.1) is 26.3 Å². The molecule has 0 aliphatic rings. The molecule has 0 atom stereocenters. The molecular weight excluding hydrogens is 356 g/mol. The van der Waals surface area contributed by atoms with Crippen LogP contribution < -0.4 is 10.3 Å². The van der Waals surface area contributed by atoms with Gasteiger partial charge in [-0.05, 0) is 17.7 Å². The van der Waals surface area contributed by atoms with Gasteiger partial charge in [0.15, 0.2) is 0 Å². The highest BCUT2D eigenvalue weighted by Gasteiger charge is 2.16. The van der Waals surface area contributed by atoms with E-state index in [0.717, 1.165) is 16.4 Å². The number of hydroxylamine groups is 2. The minimum absolute atomic E-state index is 0.101. The van der Waals surface area contributed by atoms with Crippen LogP contribution in [0.3, 0.4) is 0 Å². The van der Waals surface area contributed by atoms with Gasteiger partial charge in [-0.3, -0.25) is 14.4 Å². The van der Waals surface area contributed by atoms with Crippen LogP contribution in [0.4, 0.5) is 0 Å². The maximum absolute atomic E-state index is 12.2. The van der Waals surface area contributed by atoms with Gasteiger partial charge < -0.3 is 4.74 Å². The van der Waals surface area contributed by atoms with Crippen molar-refractivity contribution in [2.75, 3.05) is 21.3 Å². The number of hydrogen-bond donors (Lipinski definition) is 0. The van der Waals surface area contributed by atoms with E-state index in [1.165, 1.54) is 25.5 Å². The Morgan fingerprint density at radius 3 is 2.65 bits per heavy atom. The summed E-state index contributed by atoms with van der Waals surface area (Å²) in [6.45, 7) is 0. The largest absolute Gasteiger partial charge is 0.497 e. The molecule has 1 aromatic carbocycles. The highest BCUT2D eigenvalue weighted by atomic mass is 32.1. The minimum atomic E-state index is -0.366. The summed E-state index contributed by atoms with van der Waals surface area (Å²) >= 11 is 1.27. The molecule has 0 saturated heterocycles. The molecule has 0 fully saturated rings. The van der Waals surface area contributed by atoms with E-state index in [4.69, 9.17) is 9.57 Å². The zero-order chi connectivity index (χ0) is 18.7. The molecule has 0 aliphatic carbocycles. The van der Waals surface area contributed by atoms with E-state index in [0.29, 0.717) is 22.8 Å². The summed E-state index contributed by atoms with van der Waals surface area (Å²) in [6.07, 6.45) is 0.448. The summed E-state index contributed by atoms with van der Waals surface area (Å²) in [5, 5.41) is 7.34. The fourth-order valence-corrected chi connectivity index (χ4v) is 3.19. The maximum atomic E-state index is 12.2. The van der Waals surface area contributed by atoms with Gasteiger partial charge in [0, 0.05) is 18.8 Å². The molecule has 0 aliphatic heterocycles. The molecule has 1 amide bonds. The van der Waals surface area contributed by atoms with Gasteiger partial charge in [-0.15, -0.1) is 11.3 Å². The van der Waals surface area contributed by atoms with E-state index in [1.54, 1.807) is 17.0 Å². The van der Waals surface area contributed by atoms with Gasteiger partial charge >= 0.3 is 0 Å². The van der Waals surface area contributed by atoms with Crippen LogP contribution in [0.1, 0.15) is 17.0 Å². The number of amides is 1. The van der Waals surface area contributed by atoms with Crippen molar-refractivity contribution in [1.82, 2.24) is 19.7 Å². The van der Waals surface area contributed by atoms with Crippen molar-refractivity contribution in [3.05, 3.63) is 57.0 Å². The first-order valence-electron chi connectivity index (χ1n) is 7.81. The van der Waals surface area contributed by atoms with Crippen LogP contribution in [-0.2, 0) is 22.5 Å². The Labute approximate surface area is 153 Å². The normalized spacial score (nSPS) is 10.9. The SMILES string of the molecule is COc1ccc(Cc2nn3c(CC(=O)N(C)OC)csc3nc2=O)cc1. The number of ether oxygens (including phenoxy) is 1. The molecule has 0 saturated carbocycles. The topological polar surface area (TPSA) is 86.0 Å². The smallest absolute Gasteiger partial charge is 0.296 e. The molecule has 0 unspecified atom stereocenters. The van der Waals surface area contributed by atoms with Crippen molar-refractivity contribution in [1.29, 1.82) is 0 Å². The summed E-state index contributed by atoms with van der Waals surface area (Å²) in [5.74, 6) is 0.525. The molecule has 26 heavy (non-hydrogen) atoms. The average Bonchev–Trinajstić information content (AvgIpc) is 3.03. The van der Waals surface area contributed by atoms with E-state index >= 15 is 0 Å². The van der Waals surface area contributed by atoms with Gasteiger partial charge in [-0.2, -0.15) is 10.1 Å². The highest BCUT2D eigenvalue weighted by molar-refractivity contribution is 7.15. The van der Waals surface area contributed by atoms with E-state index in [2.05, 4.69) is 10.1 Å². The zero-order valence-electron chi connectivity index (χ0n) is 14.6. The lowest BCUT2D eigenvalue weighted by Crippen LogP contribution is -2.28. The van der Waals surface area contributed by atoms with Crippen molar-refractivity contribution >= 4 is 22.2 Å². The number of carbonyl (C=O) groups is 1. The summed E-state index contributed by atoms with van der Waals surface area (Å²) in [6, 6.07) is 7.41. The molecular formula is C17H18N4O4S. The third-order valence-corrected chi connectivity index (χ3v) is 4.77. The van der Waals surface area contributed by atoms with Gasteiger partial charge in [0.2, 0.25) is 4.96 Å². The first kappa shape index (κ1) is 18.0. The van der Waals surface area contributed by atoms with Crippen molar-refractivity contribution in [3.8, 4) is 5.75 Å². The van der Waals surface area contributed by atoms with Crippen molar-refractivity contribution in [2.45, 2.75) is 12.8 Å². The second-order valence-corrected chi connectivity index (χ2v) is 6.40. The first-order chi connectivity index (χ1) is 12.5. The Morgan fingerprint density at radius 1 is 1.27 bits per heavy atom. The maximum Gasteiger partial charge on any atom is 0.296 e. The number of nitrogens with zero attached hydrogens (tertiary/aromatic N) is 4. The molecule has 136 valence electrons. The van der Waals surface area contributed by atoms with E-state index in [1.807, 2.05) is 24.3 Å². The number of fused-ring (bicyclic) bond motifs is 1. The lowest BCUT2D eigenvalue weighted by atomic mass is 10.1. The second-order valence-electron chi connectivity index (χ2n) is 5.56. The van der Waals surface area contributed by atoms with Gasteiger partial charge in [0.25, 0.3) is 11.5 Å². The van der Waals surface area contributed by atoms with Crippen molar-refractivity contribution in [2.24, 2.45) is 0 Å². The van der Waals surface area contributed by atoms with Gasteiger partial charge in [0.1, 0.15) is 11.4 Å². The molecule has 8 nitrogen and oxygen atoms in total. The fraction of sp³-hybridized carbons (Fsp3) is 0.294. The Kier molecular flexibility index (Phi) is 5.29. The molecule has 0 radical (unpaired) electrons. The van der Waals surface area contributed by atoms with E-state index < -0.39 is 0 Å². The van der Waals surface area contributed by atoms with Gasteiger partial charge in [-0.1, -0.05) is 12.1 Å². The van der Waals surface area contributed by atoms with Crippen LogP contribution in [0, 0.1) is 0 Å². The Morgan fingerprint density at radius 2 is 2.00 bits per heavy atom. The lowest BCUT2D eigenvalue weighted by molar-refractivity contribution is -0.167. The van der Waals surface area contributed by atoms with Crippen LogP contribution in [0.25, 0.3) is 4.96 Å². The predicted octanol–water partition coefficient (Wildman–Crippen LogP) is 1.31. The number of hydrogen-bond acceptors (Lipinski definition) is 7. The van der Waals surface area contributed by atoms with Crippen LogP contribution >= 0.6 is 11.3 Å². The van der Waals surface area contributed by atoms with Crippen LogP contribution in [-0.4, -0.2) is 46.8 Å². The summed E-state index contributed by atoms with van der Waals surface area (Å²) in [4.78, 5) is 33.7. The summed E-state index contributed by atoms with van der Waals surface area (Å²) in [5.41, 5.74) is 1.53. The number of carbonyl (C=O) groups excluding carboxylic acids is 1. The molecule has 9 heteroatoms. The molecule has 2 heterocycles. The number of aromatic nitrogens is 3. The second kappa shape index (κ2) is 7.63. The standard InChI is InChI=1S/C17H18N4O4S/c1-20(25-3)15(22)9-12-10-26-17-18-16(23)14(19-21(12)17)8-11-4-6-13(24-2)7-5-11/h4-7,10H,8-9H2,1-3H3. The Balaban J connectivity index is 1.91. The quantitative estimate of drug-likeness (QED) is 0.605. The predicted molar refractivity (Wildman–Crippen MR) is 96.4 cm³/mol. The van der Waals surface area contributed by atoms with Crippen molar-refractivity contribution in [3.63, 3.8) is 0 Å². The third kappa shape index (κ3) is 3.73. The monoisotopic (exact) mass is 374 g/mol.